The van der Waals surface area contributed by atoms with Gasteiger partial charge in [-0.15, -0.1) is 0 Å². The lowest BCUT2D eigenvalue weighted by Gasteiger charge is -2.41. The second-order valence-corrected chi connectivity index (χ2v) is 8.03. The standard InChI is InChI=1S/C22H34N4O2/c1-3-22(11-6-12-22)16-25-21(23-4-2)24-14-17-7-5-8-19(13-17)28-15-20(27)26-18-9-10-18/h5,7-8,13,18H,3-4,6,9-12,14-16H2,1-2H3,(H,26,27)(H2,23,24,25). The van der Waals surface area contributed by atoms with Crippen LogP contribution in [-0.2, 0) is 11.3 Å². The second-order valence-electron chi connectivity index (χ2n) is 8.03. The van der Waals surface area contributed by atoms with Gasteiger partial charge in [0.05, 0.1) is 6.54 Å². The van der Waals surface area contributed by atoms with Crippen molar-refractivity contribution in [3.63, 3.8) is 0 Å². The third kappa shape index (κ3) is 6.14. The van der Waals surface area contributed by atoms with Gasteiger partial charge in [-0.25, -0.2) is 4.99 Å². The number of nitrogens with one attached hydrogen (secondary N) is 3. The molecule has 2 aliphatic rings. The van der Waals surface area contributed by atoms with E-state index in [-0.39, 0.29) is 12.5 Å². The molecule has 0 bridgehead atoms. The molecule has 2 aliphatic carbocycles. The van der Waals surface area contributed by atoms with Crippen molar-refractivity contribution in [3.8, 4) is 5.75 Å². The molecule has 6 heteroatoms. The summed E-state index contributed by atoms with van der Waals surface area (Å²) in [4.78, 5) is 16.5. The Hall–Kier alpha value is -2.24. The van der Waals surface area contributed by atoms with Crippen LogP contribution in [-0.4, -0.2) is 37.6 Å². The minimum atomic E-state index is -0.0506. The molecule has 3 N–H and O–H groups in total. The summed E-state index contributed by atoms with van der Waals surface area (Å²) >= 11 is 0. The van der Waals surface area contributed by atoms with Crippen LogP contribution in [0.5, 0.6) is 5.75 Å². The van der Waals surface area contributed by atoms with Gasteiger partial charge >= 0.3 is 0 Å². The summed E-state index contributed by atoms with van der Waals surface area (Å²) in [5, 5.41) is 9.78. The van der Waals surface area contributed by atoms with E-state index in [4.69, 9.17) is 9.73 Å². The molecular weight excluding hydrogens is 352 g/mol. The van der Waals surface area contributed by atoms with Gasteiger partial charge in [-0.1, -0.05) is 25.5 Å². The van der Waals surface area contributed by atoms with Crippen LogP contribution in [0.4, 0.5) is 0 Å². The number of carbonyl (C=O) groups is 1. The zero-order valence-corrected chi connectivity index (χ0v) is 17.2. The zero-order chi connectivity index (χ0) is 19.8. The van der Waals surface area contributed by atoms with Crippen LogP contribution in [0.3, 0.4) is 0 Å². The predicted molar refractivity (Wildman–Crippen MR) is 112 cm³/mol. The molecule has 3 rings (SSSR count). The molecule has 0 spiro atoms. The van der Waals surface area contributed by atoms with Crippen LogP contribution >= 0.6 is 0 Å². The number of benzene rings is 1. The maximum absolute atomic E-state index is 11.8. The Morgan fingerprint density at radius 1 is 1.25 bits per heavy atom. The molecule has 28 heavy (non-hydrogen) atoms. The maximum Gasteiger partial charge on any atom is 0.258 e. The number of ether oxygens (including phenoxy) is 1. The van der Waals surface area contributed by atoms with E-state index in [0.717, 1.165) is 37.5 Å². The molecule has 0 saturated heterocycles. The van der Waals surface area contributed by atoms with Crippen molar-refractivity contribution < 1.29 is 9.53 Å². The lowest BCUT2D eigenvalue weighted by Crippen LogP contribution is -2.46. The normalized spacial score (nSPS) is 18.1. The summed E-state index contributed by atoms with van der Waals surface area (Å²) in [6.45, 7) is 6.81. The third-order valence-corrected chi connectivity index (χ3v) is 5.77. The molecule has 0 aromatic heterocycles. The van der Waals surface area contributed by atoms with Gasteiger partial charge in [0, 0.05) is 19.1 Å². The first-order valence-corrected chi connectivity index (χ1v) is 10.7. The van der Waals surface area contributed by atoms with Crippen LogP contribution in [0.2, 0.25) is 0 Å². The van der Waals surface area contributed by atoms with E-state index in [1.807, 2.05) is 24.3 Å². The summed E-state index contributed by atoms with van der Waals surface area (Å²) in [5.74, 6) is 1.51. The number of nitrogens with zero attached hydrogens (tertiary/aromatic N) is 1. The minimum absolute atomic E-state index is 0.0506. The number of aliphatic imine (C=N–C) groups is 1. The lowest BCUT2D eigenvalue weighted by molar-refractivity contribution is -0.123. The number of guanidine groups is 1. The first-order chi connectivity index (χ1) is 13.6. The van der Waals surface area contributed by atoms with E-state index in [1.54, 1.807) is 0 Å². The highest BCUT2D eigenvalue weighted by atomic mass is 16.5. The van der Waals surface area contributed by atoms with Gasteiger partial charge in [-0.3, -0.25) is 4.79 Å². The van der Waals surface area contributed by atoms with E-state index in [0.29, 0.717) is 23.8 Å². The van der Waals surface area contributed by atoms with Crippen molar-refractivity contribution in [1.82, 2.24) is 16.0 Å². The molecule has 1 amide bonds. The van der Waals surface area contributed by atoms with Crippen LogP contribution in [0.15, 0.2) is 29.3 Å². The summed E-state index contributed by atoms with van der Waals surface area (Å²) in [7, 11) is 0. The highest BCUT2D eigenvalue weighted by Gasteiger charge is 2.34. The quantitative estimate of drug-likeness (QED) is 0.427. The summed E-state index contributed by atoms with van der Waals surface area (Å²) in [6.07, 6.45) is 7.34. The number of hydrogen-bond acceptors (Lipinski definition) is 3. The Morgan fingerprint density at radius 2 is 2.07 bits per heavy atom. The molecule has 6 nitrogen and oxygen atoms in total. The topological polar surface area (TPSA) is 74.8 Å². The number of rotatable bonds is 10. The number of amides is 1. The van der Waals surface area contributed by atoms with Crippen molar-refractivity contribution in [3.05, 3.63) is 29.8 Å². The number of carbonyl (C=O) groups excluding carboxylic acids is 1. The maximum atomic E-state index is 11.8. The van der Waals surface area contributed by atoms with Gasteiger partial charge in [0.2, 0.25) is 0 Å². The van der Waals surface area contributed by atoms with Gasteiger partial charge in [-0.2, -0.15) is 0 Å². The van der Waals surface area contributed by atoms with E-state index in [2.05, 4.69) is 29.8 Å². The highest BCUT2D eigenvalue weighted by molar-refractivity contribution is 5.79. The van der Waals surface area contributed by atoms with Crippen LogP contribution in [0.25, 0.3) is 0 Å². The Labute approximate surface area is 168 Å². The average Bonchev–Trinajstić information content (AvgIpc) is 3.48. The first-order valence-electron chi connectivity index (χ1n) is 10.7. The van der Waals surface area contributed by atoms with E-state index >= 15 is 0 Å². The van der Waals surface area contributed by atoms with Gasteiger partial charge in [0.25, 0.3) is 5.91 Å². The molecule has 0 unspecified atom stereocenters. The first kappa shape index (κ1) is 20.5. The Kier molecular flexibility index (Phi) is 7.18. The lowest BCUT2D eigenvalue weighted by atomic mass is 9.67. The van der Waals surface area contributed by atoms with E-state index in [1.165, 1.54) is 25.7 Å². The third-order valence-electron chi connectivity index (χ3n) is 5.77. The van der Waals surface area contributed by atoms with E-state index < -0.39 is 0 Å². The Balaban J connectivity index is 1.50. The summed E-state index contributed by atoms with van der Waals surface area (Å²) in [5.41, 5.74) is 1.51. The molecule has 1 aromatic carbocycles. The van der Waals surface area contributed by atoms with Gasteiger partial charge in [-0.05, 0) is 62.1 Å². The zero-order valence-electron chi connectivity index (χ0n) is 17.2. The monoisotopic (exact) mass is 386 g/mol. The van der Waals surface area contributed by atoms with Gasteiger partial charge < -0.3 is 20.7 Å². The minimum Gasteiger partial charge on any atom is -0.484 e. The fraction of sp³-hybridized carbons (Fsp3) is 0.636. The molecule has 154 valence electrons. The Bertz CT molecular complexity index is 675. The van der Waals surface area contributed by atoms with Gasteiger partial charge in [0.1, 0.15) is 5.75 Å². The largest absolute Gasteiger partial charge is 0.484 e. The van der Waals surface area contributed by atoms with Crippen LogP contribution in [0.1, 0.15) is 57.9 Å². The molecule has 1 aromatic rings. The van der Waals surface area contributed by atoms with E-state index in [9.17, 15) is 4.79 Å². The predicted octanol–water partition coefficient (Wildman–Crippen LogP) is 2.98. The van der Waals surface area contributed by atoms with Crippen LogP contribution < -0.4 is 20.7 Å². The van der Waals surface area contributed by atoms with Crippen molar-refractivity contribution in [2.45, 2.75) is 65.0 Å². The molecule has 0 atom stereocenters. The second kappa shape index (κ2) is 9.80. The summed E-state index contributed by atoms with van der Waals surface area (Å²) < 4.78 is 5.63. The fourth-order valence-electron chi connectivity index (χ4n) is 3.49. The molecule has 2 saturated carbocycles. The molecule has 0 aliphatic heterocycles. The van der Waals surface area contributed by atoms with Crippen molar-refractivity contribution in [2.75, 3.05) is 19.7 Å². The average molecular weight is 387 g/mol. The molecule has 0 heterocycles. The molecule has 2 fully saturated rings. The van der Waals surface area contributed by atoms with Crippen molar-refractivity contribution in [2.24, 2.45) is 10.4 Å². The molecule has 0 radical (unpaired) electrons. The highest BCUT2D eigenvalue weighted by Crippen LogP contribution is 2.42. The van der Waals surface area contributed by atoms with Crippen molar-refractivity contribution in [1.29, 1.82) is 0 Å². The van der Waals surface area contributed by atoms with Gasteiger partial charge in [0.15, 0.2) is 12.6 Å². The van der Waals surface area contributed by atoms with Crippen molar-refractivity contribution >= 4 is 11.9 Å². The van der Waals surface area contributed by atoms with Crippen LogP contribution in [0, 0.1) is 5.41 Å². The SMILES string of the molecule is CCNC(=NCc1cccc(OCC(=O)NC2CC2)c1)NCC1(CC)CCC1. The smallest absolute Gasteiger partial charge is 0.258 e. The Morgan fingerprint density at radius 3 is 2.71 bits per heavy atom. The molecular formula is C22H34N4O2. The fourth-order valence-corrected chi connectivity index (χ4v) is 3.49. The summed E-state index contributed by atoms with van der Waals surface area (Å²) in [6, 6.07) is 8.17. The number of hydrogen-bond donors (Lipinski definition) is 3.